The second-order valence-electron chi connectivity index (χ2n) is 8.23. The van der Waals surface area contributed by atoms with E-state index in [1.165, 1.54) is 25.3 Å². The lowest BCUT2D eigenvalue weighted by Crippen LogP contribution is -2.48. The van der Waals surface area contributed by atoms with Crippen LogP contribution in [0.5, 0.6) is 17.2 Å². The van der Waals surface area contributed by atoms with Gasteiger partial charge >= 0.3 is 0 Å². The molecule has 198 valence electrons. The molecule has 0 saturated carbocycles. The molecular formula is C27H31ClN2O6S. The fourth-order valence-electron chi connectivity index (χ4n) is 3.73. The summed E-state index contributed by atoms with van der Waals surface area (Å²) in [6.45, 7) is 4.00. The summed E-state index contributed by atoms with van der Waals surface area (Å²) in [5, 5.41) is 3.07. The highest BCUT2D eigenvalue weighted by Gasteiger charge is 2.28. The monoisotopic (exact) mass is 546 g/mol. The van der Waals surface area contributed by atoms with Crippen molar-refractivity contribution in [3.05, 3.63) is 82.9 Å². The van der Waals surface area contributed by atoms with E-state index in [2.05, 4.69) is 10.0 Å². The molecule has 0 aliphatic heterocycles. The van der Waals surface area contributed by atoms with Crippen LogP contribution in [0.25, 0.3) is 0 Å². The van der Waals surface area contributed by atoms with Gasteiger partial charge in [0.25, 0.3) is 0 Å². The highest BCUT2D eigenvalue weighted by Crippen LogP contribution is 2.30. The van der Waals surface area contributed by atoms with Gasteiger partial charge in [-0.25, -0.2) is 8.42 Å². The predicted octanol–water partition coefficient (Wildman–Crippen LogP) is 4.52. The first-order chi connectivity index (χ1) is 17.7. The average Bonchev–Trinajstić information content (AvgIpc) is 2.89. The van der Waals surface area contributed by atoms with Gasteiger partial charge in [-0.05, 0) is 61.7 Å². The summed E-state index contributed by atoms with van der Waals surface area (Å²) in [6.07, 6.45) is 0.148. The molecule has 0 saturated heterocycles. The van der Waals surface area contributed by atoms with Crippen LogP contribution in [0.4, 0.5) is 0 Å². The molecule has 0 fully saturated rings. The standard InChI is InChI=1S/C27H31ClN2O6S/c1-5-36-24-14-12-21(17-22(24)28)37(32,33)30-23(15-19-9-7-6-8-10-19)27(31)29-18(2)20-11-13-25(34-3)26(16-20)35-4/h6-14,16-18,23,30H,5,15H2,1-4H3,(H,29,31)/t18-,23-/m1/s1. The molecule has 0 aliphatic rings. The van der Waals surface area contributed by atoms with E-state index in [4.69, 9.17) is 25.8 Å². The van der Waals surface area contributed by atoms with Crippen LogP contribution in [-0.2, 0) is 21.2 Å². The summed E-state index contributed by atoms with van der Waals surface area (Å²) < 4.78 is 45.1. The molecule has 0 aromatic heterocycles. The maximum Gasteiger partial charge on any atom is 0.241 e. The first kappa shape index (κ1) is 28.3. The number of amides is 1. The Bertz CT molecular complexity index is 1320. The first-order valence-corrected chi connectivity index (χ1v) is 13.6. The molecule has 0 aliphatic carbocycles. The molecule has 0 bridgehead atoms. The first-order valence-electron chi connectivity index (χ1n) is 11.7. The molecular weight excluding hydrogens is 516 g/mol. The molecule has 0 heterocycles. The van der Waals surface area contributed by atoms with Crippen molar-refractivity contribution in [3.63, 3.8) is 0 Å². The highest BCUT2D eigenvalue weighted by molar-refractivity contribution is 7.89. The topological polar surface area (TPSA) is 103 Å². The maximum atomic E-state index is 13.4. The van der Waals surface area contributed by atoms with Crippen LogP contribution in [0, 0.1) is 0 Å². The van der Waals surface area contributed by atoms with Gasteiger partial charge in [-0.2, -0.15) is 4.72 Å². The summed E-state index contributed by atoms with van der Waals surface area (Å²) in [5.74, 6) is 0.987. The highest BCUT2D eigenvalue weighted by atomic mass is 35.5. The third-order valence-electron chi connectivity index (χ3n) is 5.68. The average molecular weight is 547 g/mol. The molecule has 0 spiro atoms. The molecule has 3 aromatic carbocycles. The van der Waals surface area contributed by atoms with E-state index in [-0.39, 0.29) is 16.3 Å². The van der Waals surface area contributed by atoms with Crippen LogP contribution in [0.15, 0.2) is 71.6 Å². The van der Waals surface area contributed by atoms with E-state index < -0.39 is 28.0 Å². The minimum atomic E-state index is -4.09. The number of hydrogen-bond acceptors (Lipinski definition) is 6. The summed E-state index contributed by atoms with van der Waals surface area (Å²) in [6, 6.07) is 17.2. The number of sulfonamides is 1. The van der Waals surface area contributed by atoms with Crippen molar-refractivity contribution >= 4 is 27.5 Å². The van der Waals surface area contributed by atoms with E-state index in [1.807, 2.05) is 36.4 Å². The maximum absolute atomic E-state index is 13.4. The molecule has 37 heavy (non-hydrogen) atoms. The molecule has 2 N–H and O–H groups in total. The Morgan fingerprint density at radius 3 is 2.24 bits per heavy atom. The number of rotatable bonds is 12. The van der Waals surface area contributed by atoms with Gasteiger partial charge < -0.3 is 19.5 Å². The molecule has 10 heteroatoms. The number of methoxy groups -OCH3 is 2. The van der Waals surface area contributed by atoms with Gasteiger partial charge in [0.05, 0.1) is 36.8 Å². The van der Waals surface area contributed by atoms with Crippen molar-refractivity contribution in [2.45, 2.75) is 37.2 Å². The lowest BCUT2D eigenvalue weighted by Gasteiger charge is -2.22. The van der Waals surface area contributed by atoms with Gasteiger partial charge in [-0.3, -0.25) is 4.79 Å². The van der Waals surface area contributed by atoms with E-state index in [9.17, 15) is 13.2 Å². The Balaban J connectivity index is 1.85. The third-order valence-corrected chi connectivity index (χ3v) is 7.44. The smallest absolute Gasteiger partial charge is 0.241 e. The fourth-order valence-corrected chi connectivity index (χ4v) is 5.25. The fraction of sp³-hybridized carbons (Fsp3) is 0.296. The second kappa shape index (κ2) is 12.8. The molecule has 3 aromatic rings. The summed E-state index contributed by atoms with van der Waals surface area (Å²) >= 11 is 6.21. The quantitative estimate of drug-likeness (QED) is 0.346. The third kappa shape index (κ3) is 7.38. The number of carbonyl (C=O) groups is 1. The van der Waals surface area contributed by atoms with Crippen LogP contribution in [0.1, 0.15) is 31.0 Å². The van der Waals surface area contributed by atoms with Crippen molar-refractivity contribution in [1.82, 2.24) is 10.0 Å². The zero-order chi connectivity index (χ0) is 27.0. The van der Waals surface area contributed by atoms with Gasteiger partial charge in [-0.1, -0.05) is 48.0 Å². The Hall–Kier alpha value is -3.27. The summed E-state index contributed by atoms with van der Waals surface area (Å²) in [4.78, 5) is 13.3. The van der Waals surface area contributed by atoms with E-state index >= 15 is 0 Å². The van der Waals surface area contributed by atoms with Crippen LogP contribution >= 0.6 is 11.6 Å². The zero-order valence-electron chi connectivity index (χ0n) is 21.2. The largest absolute Gasteiger partial charge is 0.493 e. The molecule has 0 radical (unpaired) electrons. The van der Waals surface area contributed by atoms with Crippen molar-refractivity contribution in [1.29, 1.82) is 0 Å². The number of halogens is 1. The SMILES string of the molecule is CCOc1ccc(S(=O)(=O)N[C@H](Cc2ccccc2)C(=O)N[C@H](C)c2ccc(OC)c(OC)c2)cc1Cl. The van der Waals surface area contributed by atoms with Crippen molar-refractivity contribution in [2.75, 3.05) is 20.8 Å². The number of carbonyl (C=O) groups excluding carboxylic acids is 1. The van der Waals surface area contributed by atoms with Gasteiger partial charge in [0.1, 0.15) is 11.8 Å². The molecule has 8 nitrogen and oxygen atoms in total. The van der Waals surface area contributed by atoms with Crippen molar-refractivity contribution in [3.8, 4) is 17.2 Å². The van der Waals surface area contributed by atoms with Crippen LogP contribution in [0.3, 0.4) is 0 Å². The number of benzene rings is 3. The minimum Gasteiger partial charge on any atom is -0.493 e. The Labute approximate surface area is 222 Å². The van der Waals surface area contributed by atoms with Crippen molar-refractivity contribution < 1.29 is 27.4 Å². The van der Waals surface area contributed by atoms with Gasteiger partial charge in [0, 0.05) is 0 Å². The molecule has 1 amide bonds. The normalized spacial score (nSPS) is 12.9. The van der Waals surface area contributed by atoms with E-state index in [0.29, 0.717) is 23.9 Å². The summed E-state index contributed by atoms with van der Waals surface area (Å²) in [5.41, 5.74) is 1.57. The zero-order valence-corrected chi connectivity index (χ0v) is 22.7. The minimum absolute atomic E-state index is 0.0697. The lowest BCUT2D eigenvalue weighted by molar-refractivity contribution is -0.123. The molecule has 3 rings (SSSR count). The lowest BCUT2D eigenvalue weighted by atomic mass is 10.0. The molecule has 0 unspecified atom stereocenters. The van der Waals surface area contributed by atoms with Crippen LogP contribution in [-0.4, -0.2) is 41.2 Å². The van der Waals surface area contributed by atoms with Gasteiger partial charge in [0.2, 0.25) is 15.9 Å². The van der Waals surface area contributed by atoms with E-state index in [1.54, 1.807) is 33.1 Å². The van der Waals surface area contributed by atoms with E-state index in [0.717, 1.165) is 11.1 Å². The van der Waals surface area contributed by atoms with Crippen LogP contribution in [0.2, 0.25) is 5.02 Å². The van der Waals surface area contributed by atoms with Crippen molar-refractivity contribution in [2.24, 2.45) is 0 Å². The van der Waals surface area contributed by atoms with Gasteiger partial charge in [0.15, 0.2) is 11.5 Å². The Kier molecular flexibility index (Phi) is 9.79. The molecule has 2 atom stereocenters. The Morgan fingerprint density at radius 2 is 1.62 bits per heavy atom. The van der Waals surface area contributed by atoms with Gasteiger partial charge in [-0.15, -0.1) is 0 Å². The number of nitrogens with one attached hydrogen (secondary N) is 2. The summed E-state index contributed by atoms with van der Waals surface area (Å²) in [7, 11) is -1.01. The number of ether oxygens (including phenoxy) is 3. The Morgan fingerprint density at radius 1 is 0.946 bits per heavy atom. The van der Waals surface area contributed by atoms with Crippen LogP contribution < -0.4 is 24.2 Å². The predicted molar refractivity (Wildman–Crippen MR) is 143 cm³/mol. The second-order valence-corrected chi connectivity index (χ2v) is 10.4. The number of hydrogen-bond donors (Lipinski definition) is 2.